The van der Waals surface area contributed by atoms with E-state index >= 15 is 0 Å². The maximum absolute atomic E-state index is 6.06. The van der Waals surface area contributed by atoms with Crippen LogP contribution in [0.15, 0.2) is 12.1 Å². The minimum Gasteiger partial charge on any atom is -0.495 e. The molecule has 0 aliphatic carbocycles. The summed E-state index contributed by atoms with van der Waals surface area (Å²) < 4.78 is 5.04. The number of ether oxygens (including phenoxy) is 1. The van der Waals surface area contributed by atoms with Crippen molar-refractivity contribution in [3.05, 3.63) is 27.7 Å². The molecule has 0 N–H and O–H groups in total. The molecule has 1 nitrogen and oxygen atoms in total. The fourth-order valence-electron chi connectivity index (χ4n) is 1.18. The Morgan fingerprint density at radius 3 is 2.50 bits per heavy atom. The molecule has 0 aliphatic heterocycles. The van der Waals surface area contributed by atoms with Gasteiger partial charge in [0.15, 0.2) is 0 Å². The van der Waals surface area contributed by atoms with Gasteiger partial charge in [0.05, 0.1) is 12.1 Å². The van der Waals surface area contributed by atoms with Gasteiger partial charge in [-0.1, -0.05) is 29.3 Å². The van der Waals surface area contributed by atoms with Crippen molar-refractivity contribution in [3.8, 4) is 5.75 Å². The summed E-state index contributed by atoms with van der Waals surface area (Å²) in [7, 11) is 1.57. The zero-order chi connectivity index (χ0) is 10.6. The van der Waals surface area contributed by atoms with Crippen LogP contribution in [-0.4, -0.2) is 13.0 Å². The Kier molecular flexibility index (Phi) is 4.86. The lowest BCUT2D eigenvalue weighted by Crippen LogP contribution is -1.91. The van der Waals surface area contributed by atoms with Crippen LogP contribution in [0.25, 0.3) is 0 Å². The summed E-state index contributed by atoms with van der Waals surface area (Å²) in [6.07, 6.45) is 1.73. The topological polar surface area (TPSA) is 9.23 Å². The van der Waals surface area contributed by atoms with E-state index in [9.17, 15) is 0 Å². The number of alkyl halides is 1. The Balaban J connectivity index is 2.92. The van der Waals surface area contributed by atoms with Crippen molar-refractivity contribution in [3.63, 3.8) is 0 Å². The standard InChI is InChI=1S/C10H11Cl3O/c1-14-8-5-4-7(3-2-6-11)9(12)10(8)13/h4-5H,2-3,6H2,1H3. The average Bonchev–Trinajstić information content (AvgIpc) is 2.20. The van der Waals surface area contributed by atoms with Crippen molar-refractivity contribution in [2.24, 2.45) is 0 Å². The summed E-state index contributed by atoms with van der Waals surface area (Å²) in [5.41, 5.74) is 1.01. The molecule has 1 rings (SSSR count). The molecule has 0 radical (unpaired) electrons. The quantitative estimate of drug-likeness (QED) is 0.732. The molecule has 0 amide bonds. The number of aryl methyl sites for hydroxylation is 1. The molecule has 0 aromatic heterocycles. The maximum atomic E-state index is 6.06. The lowest BCUT2D eigenvalue weighted by molar-refractivity contribution is 0.415. The summed E-state index contributed by atoms with van der Waals surface area (Å²) in [5.74, 6) is 1.23. The molecular weight excluding hydrogens is 242 g/mol. The van der Waals surface area contributed by atoms with Crippen LogP contribution in [-0.2, 0) is 6.42 Å². The van der Waals surface area contributed by atoms with Crippen LogP contribution in [0.5, 0.6) is 5.75 Å². The lowest BCUT2D eigenvalue weighted by Gasteiger charge is -2.08. The van der Waals surface area contributed by atoms with Crippen LogP contribution in [0.3, 0.4) is 0 Å². The first-order chi connectivity index (χ1) is 6.70. The van der Waals surface area contributed by atoms with Crippen molar-refractivity contribution in [2.75, 3.05) is 13.0 Å². The average molecular weight is 254 g/mol. The fourth-order valence-corrected chi connectivity index (χ4v) is 1.83. The van der Waals surface area contributed by atoms with Crippen molar-refractivity contribution < 1.29 is 4.74 Å². The smallest absolute Gasteiger partial charge is 0.138 e. The van der Waals surface area contributed by atoms with E-state index in [1.54, 1.807) is 7.11 Å². The van der Waals surface area contributed by atoms with Gasteiger partial charge in [-0.25, -0.2) is 0 Å². The van der Waals surface area contributed by atoms with E-state index in [4.69, 9.17) is 39.5 Å². The summed E-state index contributed by atoms with van der Waals surface area (Å²) in [4.78, 5) is 0. The van der Waals surface area contributed by atoms with Crippen molar-refractivity contribution in [1.82, 2.24) is 0 Å². The van der Waals surface area contributed by atoms with E-state index in [1.807, 2.05) is 12.1 Å². The number of methoxy groups -OCH3 is 1. The van der Waals surface area contributed by atoms with Gasteiger partial charge in [-0.2, -0.15) is 0 Å². The molecule has 0 saturated carbocycles. The third kappa shape index (κ3) is 2.69. The predicted octanol–water partition coefficient (Wildman–Crippen LogP) is 4.17. The summed E-state index contributed by atoms with van der Waals surface area (Å²) in [6.45, 7) is 0. The SMILES string of the molecule is COc1ccc(CCCCl)c(Cl)c1Cl. The van der Waals surface area contributed by atoms with Gasteiger partial charge in [0.2, 0.25) is 0 Å². The summed E-state index contributed by atoms with van der Waals surface area (Å²) in [6, 6.07) is 3.73. The molecule has 4 heteroatoms. The second kappa shape index (κ2) is 5.69. The first-order valence-corrected chi connectivity index (χ1v) is 5.56. The molecule has 0 atom stereocenters. The number of benzene rings is 1. The molecule has 0 bridgehead atoms. The number of hydrogen-bond acceptors (Lipinski definition) is 1. The minimum atomic E-state index is 0.473. The fraction of sp³-hybridized carbons (Fsp3) is 0.400. The van der Waals surface area contributed by atoms with Gasteiger partial charge >= 0.3 is 0 Å². The van der Waals surface area contributed by atoms with E-state index in [2.05, 4.69) is 0 Å². The van der Waals surface area contributed by atoms with Crippen LogP contribution < -0.4 is 4.74 Å². The third-order valence-corrected chi connectivity index (χ3v) is 3.10. The molecule has 0 heterocycles. The van der Waals surface area contributed by atoms with E-state index in [-0.39, 0.29) is 0 Å². The third-order valence-electron chi connectivity index (χ3n) is 1.93. The first-order valence-electron chi connectivity index (χ1n) is 4.27. The second-order valence-corrected chi connectivity index (χ2v) is 3.98. The Bertz CT molecular complexity index is 312. The zero-order valence-corrected chi connectivity index (χ0v) is 10.1. The van der Waals surface area contributed by atoms with Gasteiger partial charge in [0, 0.05) is 5.88 Å². The Morgan fingerprint density at radius 2 is 1.93 bits per heavy atom. The highest BCUT2D eigenvalue weighted by Crippen LogP contribution is 2.34. The lowest BCUT2D eigenvalue weighted by atomic mass is 10.1. The van der Waals surface area contributed by atoms with Gasteiger partial charge in [-0.05, 0) is 24.5 Å². The van der Waals surface area contributed by atoms with Gasteiger partial charge in [-0.3, -0.25) is 0 Å². The van der Waals surface area contributed by atoms with Crippen molar-refractivity contribution in [2.45, 2.75) is 12.8 Å². The molecule has 0 saturated heterocycles. The largest absolute Gasteiger partial charge is 0.495 e. The highest BCUT2D eigenvalue weighted by molar-refractivity contribution is 6.43. The number of rotatable bonds is 4. The van der Waals surface area contributed by atoms with Gasteiger partial charge in [0.1, 0.15) is 10.8 Å². The molecule has 0 fully saturated rings. The minimum absolute atomic E-state index is 0.473. The molecule has 14 heavy (non-hydrogen) atoms. The Labute approximate surface area is 98.9 Å². The normalized spacial score (nSPS) is 10.3. The van der Waals surface area contributed by atoms with Crippen LogP contribution in [0, 0.1) is 0 Å². The molecule has 1 aromatic carbocycles. The van der Waals surface area contributed by atoms with E-state index in [0.717, 1.165) is 18.4 Å². The van der Waals surface area contributed by atoms with Crippen LogP contribution in [0.2, 0.25) is 10.0 Å². The zero-order valence-electron chi connectivity index (χ0n) is 7.82. The molecule has 0 spiro atoms. The molecule has 1 aromatic rings. The predicted molar refractivity (Wildman–Crippen MR) is 62.1 cm³/mol. The molecule has 0 aliphatic rings. The van der Waals surface area contributed by atoms with Crippen LogP contribution >= 0.6 is 34.8 Å². The Morgan fingerprint density at radius 1 is 1.21 bits per heavy atom. The second-order valence-electron chi connectivity index (χ2n) is 2.85. The van der Waals surface area contributed by atoms with E-state index < -0.39 is 0 Å². The monoisotopic (exact) mass is 252 g/mol. The van der Waals surface area contributed by atoms with Crippen LogP contribution in [0.1, 0.15) is 12.0 Å². The summed E-state index contributed by atoms with van der Waals surface area (Å²) in [5, 5.41) is 1.04. The Hall–Kier alpha value is -0.110. The highest BCUT2D eigenvalue weighted by Gasteiger charge is 2.09. The van der Waals surface area contributed by atoms with Gasteiger partial charge in [0.25, 0.3) is 0 Å². The van der Waals surface area contributed by atoms with Crippen molar-refractivity contribution in [1.29, 1.82) is 0 Å². The number of hydrogen-bond donors (Lipinski definition) is 0. The van der Waals surface area contributed by atoms with Crippen LogP contribution in [0.4, 0.5) is 0 Å². The highest BCUT2D eigenvalue weighted by atomic mass is 35.5. The summed E-state index contributed by atoms with van der Waals surface area (Å²) >= 11 is 17.6. The first kappa shape index (κ1) is 12.0. The van der Waals surface area contributed by atoms with Gasteiger partial charge in [-0.15, -0.1) is 11.6 Å². The van der Waals surface area contributed by atoms with E-state index in [0.29, 0.717) is 21.7 Å². The maximum Gasteiger partial charge on any atom is 0.138 e. The molecule has 0 unspecified atom stereocenters. The number of halogens is 3. The molecular formula is C10H11Cl3O. The van der Waals surface area contributed by atoms with Crippen molar-refractivity contribution >= 4 is 34.8 Å². The van der Waals surface area contributed by atoms with Gasteiger partial charge < -0.3 is 4.74 Å². The molecule has 78 valence electrons. The van der Waals surface area contributed by atoms with E-state index in [1.165, 1.54) is 0 Å².